The van der Waals surface area contributed by atoms with Gasteiger partial charge in [0.1, 0.15) is 17.3 Å². The predicted molar refractivity (Wildman–Crippen MR) is 150 cm³/mol. The predicted octanol–water partition coefficient (Wildman–Crippen LogP) is 5.35. The summed E-state index contributed by atoms with van der Waals surface area (Å²) in [6.07, 6.45) is 14.6. The number of anilines is 1. The van der Waals surface area contributed by atoms with Crippen LogP contribution < -0.4 is 10.6 Å². The second-order valence-corrected chi connectivity index (χ2v) is 10.8. The van der Waals surface area contributed by atoms with Gasteiger partial charge in [-0.25, -0.2) is 19.3 Å². The SMILES string of the molecule is COC1CNC[C@H]1Nc1nc(-c2ccnc3[nH]c(CC4=C(F)C=CCCC4)cc23)nc2cncc(C3CC3)c12. The van der Waals surface area contributed by atoms with Crippen LogP contribution in [-0.2, 0) is 11.2 Å². The van der Waals surface area contributed by atoms with E-state index in [-0.39, 0.29) is 18.0 Å². The topological polar surface area (TPSA) is 101 Å². The molecule has 1 aliphatic heterocycles. The fourth-order valence-corrected chi connectivity index (χ4v) is 5.89. The van der Waals surface area contributed by atoms with Gasteiger partial charge in [-0.1, -0.05) is 6.08 Å². The maximum atomic E-state index is 14.6. The number of pyridine rings is 2. The van der Waals surface area contributed by atoms with E-state index in [1.165, 1.54) is 5.56 Å². The molecule has 1 saturated heterocycles. The van der Waals surface area contributed by atoms with Crippen LogP contribution in [-0.4, -0.2) is 57.3 Å². The summed E-state index contributed by atoms with van der Waals surface area (Å²) < 4.78 is 20.3. The first-order valence-electron chi connectivity index (χ1n) is 13.8. The van der Waals surface area contributed by atoms with Gasteiger partial charge in [-0.05, 0) is 67.4 Å². The van der Waals surface area contributed by atoms with E-state index in [9.17, 15) is 4.39 Å². The lowest BCUT2D eigenvalue weighted by Gasteiger charge is -2.21. The van der Waals surface area contributed by atoms with E-state index in [2.05, 4.69) is 31.7 Å². The van der Waals surface area contributed by atoms with Crippen LogP contribution in [0, 0.1) is 0 Å². The van der Waals surface area contributed by atoms with E-state index in [1.54, 1.807) is 19.4 Å². The number of methoxy groups -OCH3 is 1. The number of aromatic amines is 1. The van der Waals surface area contributed by atoms with Gasteiger partial charge in [-0.15, -0.1) is 0 Å². The number of nitrogens with one attached hydrogen (secondary N) is 3. The highest BCUT2D eigenvalue weighted by atomic mass is 19.1. The molecular weight excluding hydrogens is 493 g/mol. The van der Waals surface area contributed by atoms with Gasteiger partial charge in [-0.2, -0.15) is 0 Å². The number of fused-ring (bicyclic) bond motifs is 2. The number of hydrogen-bond donors (Lipinski definition) is 3. The van der Waals surface area contributed by atoms with Crippen molar-refractivity contribution in [3.05, 3.63) is 65.5 Å². The maximum absolute atomic E-state index is 14.6. The summed E-state index contributed by atoms with van der Waals surface area (Å²) in [6, 6.07) is 4.11. The zero-order chi connectivity index (χ0) is 26.3. The van der Waals surface area contributed by atoms with Gasteiger partial charge >= 0.3 is 0 Å². The van der Waals surface area contributed by atoms with Gasteiger partial charge in [0.05, 0.1) is 23.9 Å². The Morgan fingerprint density at radius 1 is 1.18 bits per heavy atom. The van der Waals surface area contributed by atoms with Crippen molar-refractivity contribution in [3.8, 4) is 11.4 Å². The van der Waals surface area contributed by atoms with E-state index in [0.29, 0.717) is 18.2 Å². The van der Waals surface area contributed by atoms with E-state index >= 15 is 0 Å². The molecule has 8 nitrogen and oxygen atoms in total. The van der Waals surface area contributed by atoms with Crippen molar-refractivity contribution in [2.75, 3.05) is 25.5 Å². The third-order valence-corrected chi connectivity index (χ3v) is 8.12. The van der Waals surface area contributed by atoms with Crippen molar-refractivity contribution < 1.29 is 9.13 Å². The van der Waals surface area contributed by atoms with Crippen molar-refractivity contribution in [3.63, 3.8) is 0 Å². The summed E-state index contributed by atoms with van der Waals surface area (Å²) in [4.78, 5) is 22.6. The molecule has 2 atom stereocenters. The first kappa shape index (κ1) is 24.4. The molecule has 39 heavy (non-hydrogen) atoms. The van der Waals surface area contributed by atoms with Gasteiger partial charge in [-0.3, -0.25) is 4.98 Å². The number of H-pyrrole nitrogens is 1. The second-order valence-electron chi connectivity index (χ2n) is 10.8. The van der Waals surface area contributed by atoms with Crippen molar-refractivity contribution >= 4 is 27.8 Å². The number of hydrogen-bond acceptors (Lipinski definition) is 7. The smallest absolute Gasteiger partial charge is 0.163 e. The largest absolute Gasteiger partial charge is 0.378 e. The lowest BCUT2D eigenvalue weighted by atomic mass is 10.0. The van der Waals surface area contributed by atoms with Crippen LogP contribution in [0.5, 0.6) is 0 Å². The normalized spacial score (nSPS) is 21.7. The van der Waals surface area contributed by atoms with Crippen LogP contribution in [0.4, 0.5) is 10.2 Å². The Morgan fingerprint density at radius 3 is 2.97 bits per heavy atom. The molecule has 0 amide bonds. The molecule has 9 heteroatoms. The highest BCUT2D eigenvalue weighted by Crippen LogP contribution is 2.44. The maximum Gasteiger partial charge on any atom is 0.163 e. The lowest BCUT2D eigenvalue weighted by molar-refractivity contribution is 0.111. The van der Waals surface area contributed by atoms with Crippen LogP contribution in [0.2, 0.25) is 0 Å². The van der Waals surface area contributed by atoms with Gasteiger partial charge in [0.2, 0.25) is 0 Å². The van der Waals surface area contributed by atoms with Crippen molar-refractivity contribution in [1.29, 1.82) is 0 Å². The quantitative estimate of drug-likeness (QED) is 0.299. The molecule has 3 aliphatic rings. The molecule has 0 spiro atoms. The van der Waals surface area contributed by atoms with Crippen LogP contribution in [0.1, 0.15) is 49.3 Å². The number of allylic oxidation sites excluding steroid dienone is 4. The third-order valence-electron chi connectivity index (χ3n) is 8.12. The summed E-state index contributed by atoms with van der Waals surface area (Å²) in [5, 5.41) is 9.07. The molecule has 1 saturated carbocycles. The molecule has 2 fully saturated rings. The molecule has 0 radical (unpaired) electrons. The first-order chi connectivity index (χ1) is 19.2. The first-order valence-corrected chi connectivity index (χ1v) is 13.8. The van der Waals surface area contributed by atoms with Crippen LogP contribution >= 0.6 is 0 Å². The Bertz CT molecular complexity index is 1610. The Labute approximate surface area is 226 Å². The average Bonchev–Trinajstić information content (AvgIpc) is 3.62. The van der Waals surface area contributed by atoms with Crippen molar-refractivity contribution in [2.24, 2.45) is 0 Å². The molecule has 0 bridgehead atoms. The highest BCUT2D eigenvalue weighted by molar-refractivity contribution is 5.97. The Kier molecular flexibility index (Phi) is 6.33. The number of ether oxygens (including phenoxy) is 1. The molecule has 1 unspecified atom stereocenters. The lowest BCUT2D eigenvalue weighted by Crippen LogP contribution is -2.34. The summed E-state index contributed by atoms with van der Waals surface area (Å²) in [5.41, 5.74) is 5.41. The number of nitrogens with zero attached hydrogens (tertiary/aromatic N) is 4. The molecule has 3 N–H and O–H groups in total. The van der Waals surface area contributed by atoms with Crippen LogP contribution in [0.25, 0.3) is 33.3 Å². The van der Waals surface area contributed by atoms with Crippen LogP contribution in [0.3, 0.4) is 0 Å². The minimum atomic E-state index is -0.123. The van der Waals surface area contributed by atoms with Crippen molar-refractivity contribution in [1.82, 2.24) is 30.2 Å². The zero-order valence-corrected chi connectivity index (χ0v) is 22.0. The van der Waals surface area contributed by atoms with E-state index in [4.69, 9.17) is 14.7 Å². The minimum Gasteiger partial charge on any atom is -0.378 e. The number of aromatic nitrogens is 5. The van der Waals surface area contributed by atoms with Crippen LogP contribution in [0.15, 0.2) is 54.3 Å². The van der Waals surface area contributed by atoms with Gasteiger partial charge in [0.15, 0.2) is 5.82 Å². The molecular formula is C30H32FN7O. The fourth-order valence-electron chi connectivity index (χ4n) is 5.89. The molecule has 7 rings (SSSR count). The van der Waals surface area contributed by atoms with E-state index < -0.39 is 0 Å². The minimum absolute atomic E-state index is 0.0538. The molecule has 4 aromatic rings. The molecule has 4 aromatic heterocycles. The highest BCUT2D eigenvalue weighted by Gasteiger charge is 2.31. The molecule has 2 aliphatic carbocycles. The molecule has 5 heterocycles. The standard InChI is InChI=1S/C30H32FN7O/c1-39-26-16-33-14-24(26)36-30-27-22(17-7-8-17)13-32-15-25(27)37-29(38-30)20-9-10-34-28-21(20)12-19(35-28)11-18-5-3-2-4-6-23(18)31/h4,6,9-10,12-13,15,17,24,26,33H,2-3,5,7-8,11,14,16H2,1H3,(H,34,35)(H,36,37,38)/t24-,26?/m1/s1. The fraction of sp³-hybridized carbons (Fsp3) is 0.400. The summed E-state index contributed by atoms with van der Waals surface area (Å²) in [6.45, 7) is 1.59. The van der Waals surface area contributed by atoms with E-state index in [0.717, 1.165) is 89.8 Å². The number of rotatable bonds is 7. The second kappa shape index (κ2) is 10.1. The Morgan fingerprint density at radius 2 is 2.10 bits per heavy atom. The third kappa shape index (κ3) is 4.70. The number of halogens is 1. The van der Waals surface area contributed by atoms with Gasteiger partial charge < -0.3 is 20.4 Å². The summed E-state index contributed by atoms with van der Waals surface area (Å²) in [7, 11) is 1.75. The average molecular weight is 526 g/mol. The van der Waals surface area contributed by atoms with Gasteiger partial charge in [0, 0.05) is 61.0 Å². The Balaban J connectivity index is 1.32. The summed E-state index contributed by atoms with van der Waals surface area (Å²) >= 11 is 0. The molecule has 200 valence electrons. The summed E-state index contributed by atoms with van der Waals surface area (Å²) in [5.74, 6) is 1.81. The monoisotopic (exact) mass is 525 g/mol. The molecule has 0 aromatic carbocycles. The van der Waals surface area contributed by atoms with Gasteiger partial charge in [0.25, 0.3) is 0 Å². The van der Waals surface area contributed by atoms with E-state index in [1.807, 2.05) is 24.5 Å². The zero-order valence-electron chi connectivity index (χ0n) is 22.0. The van der Waals surface area contributed by atoms with Crippen molar-refractivity contribution in [2.45, 2.75) is 56.6 Å². The Hall–Kier alpha value is -3.69.